The average molecular weight is 678 g/mol. The molecule has 0 aliphatic carbocycles. The van der Waals surface area contributed by atoms with Crippen molar-refractivity contribution in [3.05, 3.63) is 79.0 Å². The number of aryl methyl sites for hydroxylation is 1. The van der Waals surface area contributed by atoms with Crippen LogP contribution in [0.5, 0.6) is 5.75 Å². The van der Waals surface area contributed by atoms with E-state index in [-0.39, 0.29) is 24.3 Å². The van der Waals surface area contributed by atoms with Crippen molar-refractivity contribution in [3.8, 4) is 28.4 Å². The van der Waals surface area contributed by atoms with Crippen molar-refractivity contribution in [2.75, 3.05) is 51.1 Å². The molecular formula is C37H43N9O4. The zero-order valence-corrected chi connectivity index (χ0v) is 28.6. The second-order valence-electron chi connectivity index (χ2n) is 12.4. The molecule has 50 heavy (non-hydrogen) atoms. The fourth-order valence-electron chi connectivity index (χ4n) is 6.26. The number of carbonyl (C=O) groups is 1. The zero-order valence-electron chi connectivity index (χ0n) is 28.6. The van der Waals surface area contributed by atoms with Gasteiger partial charge in [0.05, 0.1) is 47.4 Å². The van der Waals surface area contributed by atoms with E-state index >= 15 is 0 Å². The van der Waals surface area contributed by atoms with Gasteiger partial charge in [-0.05, 0) is 70.1 Å². The number of aliphatic hydroxyl groups excluding tert-OH is 1. The quantitative estimate of drug-likeness (QED) is 0.0555. The number of nitrogens with zero attached hydrogens (tertiary/aromatic N) is 6. The topological polar surface area (TPSA) is 171 Å². The van der Waals surface area contributed by atoms with Crippen molar-refractivity contribution in [2.24, 2.45) is 10.7 Å². The lowest BCUT2D eigenvalue weighted by atomic mass is 10.0. The number of aromatic amines is 1. The standard InChI is InChI=1S/C37H43N9O4/c1-5-33(48)40-28-21-26(31(49-4)22-29(28)46-16-12-25(13-17-46)45(2)3)36(38)44-37-39-15-11-27(41-37)35-34(42-32(43-35)8-6-7-18-47)24-10-9-23-14-19-50-30(23)20-24/h5,9-11,14-15,19-22,25,47H,1,6-8,12-13,16-18H2,2-4H3,(H,40,48)(H,42,43)(H2,38,39,41,44). The predicted octanol–water partition coefficient (Wildman–Crippen LogP) is 5.30. The van der Waals surface area contributed by atoms with Crippen molar-refractivity contribution in [1.29, 1.82) is 0 Å². The van der Waals surface area contributed by atoms with E-state index in [1.54, 1.807) is 31.7 Å². The third kappa shape index (κ3) is 7.53. The molecule has 5 aromatic rings. The maximum absolute atomic E-state index is 12.5. The van der Waals surface area contributed by atoms with Crippen molar-refractivity contribution in [2.45, 2.75) is 38.1 Å². The summed E-state index contributed by atoms with van der Waals surface area (Å²) in [5, 5.41) is 13.2. The third-order valence-electron chi connectivity index (χ3n) is 9.00. The summed E-state index contributed by atoms with van der Waals surface area (Å²) in [6.45, 7) is 5.38. The van der Waals surface area contributed by atoms with Crippen molar-refractivity contribution >= 4 is 40.0 Å². The zero-order chi connectivity index (χ0) is 35.2. The van der Waals surface area contributed by atoms with E-state index in [1.807, 2.05) is 30.3 Å². The van der Waals surface area contributed by atoms with Gasteiger partial charge in [0.25, 0.3) is 5.95 Å². The first-order chi connectivity index (χ1) is 24.3. The van der Waals surface area contributed by atoms with E-state index < -0.39 is 0 Å². The Morgan fingerprint density at radius 2 is 2.02 bits per heavy atom. The number of nitrogens with two attached hydrogens (primary N) is 1. The fraction of sp³-hybridized carbons (Fsp3) is 0.324. The van der Waals surface area contributed by atoms with E-state index in [1.165, 1.54) is 6.08 Å². The van der Waals surface area contributed by atoms with Gasteiger partial charge in [0.1, 0.15) is 23.0 Å². The number of aliphatic imine (C=N–C) groups is 1. The molecule has 260 valence electrons. The molecule has 13 nitrogen and oxygen atoms in total. The molecule has 1 aliphatic heterocycles. The minimum atomic E-state index is -0.339. The maximum Gasteiger partial charge on any atom is 0.251 e. The van der Waals surface area contributed by atoms with Crippen LogP contribution in [0.15, 0.2) is 77.0 Å². The highest BCUT2D eigenvalue weighted by Gasteiger charge is 2.25. The summed E-state index contributed by atoms with van der Waals surface area (Å²) < 4.78 is 11.5. The smallest absolute Gasteiger partial charge is 0.251 e. The van der Waals surface area contributed by atoms with Crippen LogP contribution in [0.4, 0.5) is 17.3 Å². The molecule has 0 radical (unpaired) electrons. The van der Waals surface area contributed by atoms with Crippen LogP contribution in [0.25, 0.3) is 33.6 Å². The van der Waals surface area contributed by atoms with Crippen LogP contribution in [-0.4, -0.2) is 88.6 Å². The highest BCUT2D eigenvalue weighted by Crippen LogP contribution is 2.37. The molecule has 1 amide bonds. The van der Waals surface area contributed by atoms with E-state index in [4.69, 9.17) is 24.9 Å². The molecular weight excluding hydrogens is 634 g/mol. The number of H-pyrrole nitrogens is 1. The second kappa shape index (κ2) is 15.3. The van der Waals surface area contributed by atoms with Crippen LogP contribution < -0.4 is 20.7 Å². The molecule has 6 rings (SSSR count). The first-order valence-corrected chi connectivity index (χ1v) is 16.7. The van der Waals surface area contributed by atoms with Crippen molar-refractivity contribution < 1.29 is 19.1 Å². The highest BCUT2D eigenvalue weighted by molar-refractivity contribution is 6.06. The lowest BCUT2D eigenvalue weighted by Gasteiger charge is -2.37. The van der Waals surface area contributed by atoms with Gasteiger partial charge in [0, 0.05) is 55.4 Å². The summed E-state index contributed by atoms with van der Waals surface area (Å²) in [6, 6.07) is 13.8. The molecule has 0 unspecified atom stereocenters. The monoisotopic (exact) mass is 677 g/mol. The van der Waals surface area contributed by atoms with Crippen molar-refractivity contribution in [1.82, 2.24) is 24.8 Å². The molecule has 0 saturated carbocycles. The lowest BCUT2D eigenvalue weighted by molar-refractivity contribution is -0.111. The number of hydrogen-bond acceptors (Lipinski definition) is 10. The van der Waals surface area contributed by atoms with Crippen LogP contribution in [0.2, 0.25) is 0 Å². The van der Waals surface area contributed by atoms with Crippen LogP contribution in [-0.2, 0) is 11.2 Å². The number of hydrogen-bond donors (Lipinski definition) is 4. The third-order valence-corrected chi connectivity index (χ3v) is 9.00. The molecule has 4 heterocycles. The number of furan rings is 1. The summed E-state index contributed by atoms with van der Waals surface area (Å²) in [5.41, 5.74) is 12.1. The largest absolute Gasteiger partial charge is 0.496 e. The molecule has 0 bridgehead atoms. The number of aromatic nitrogens is 4. The van der Waals surface area contributed by atoms with Crippen molar-refractivity contribution in [3.63, 3.8) is 0 Å². The van der Waals surface area contributed by atoms with Gasteiger partial charge >= 0.3 is 0 Å². The highest BCUT2D eigenvalue weighted by atomic mass is 16.5. The Hall–Kier alpha value is -5.53. The first kappa shape index (κ1) is 34.3. The lowest BCUT2D eigenvalue weighted by Crippen LogP contribution is -2.42. The van der Waals surface area contributed by atoms with Crippen LogP contribution in [0.3, 0.4) is 0 Å². The Morgan fingerprint density at radius 3 is 2.76 bits per heavy atom. The van der Waals surface area contributed by atoms with Gasteiger partial charge in [0.2, 0.25) is 5.91 Å². The Balaban J connectivity index is 1.35. The summed E-state index contributed by atoms with van der Waals surface area (Å²) >= 11 is 0. The van der Waals surface area contributed by atoms with Gasteiger partial charge in [-0.1, -0.05) is 18.7 Å². The fourth-order valence-corrected chi connectivity index (χ4v) is 6.26. The molecule has 0 spiro atoms. The number of nitrogens with one attached hydrogen (secondary N) is 2. The Kier molecular flexibility index (Phi) is 10.5. The Labute approximate surface area is 290 Å². The number of carbonyl (C=O) groups excluding carboxylic acids is 1. The van der Waals surface area contributed by atoms with E-state index in [9.17, 15) is 9.90 Å². The maximum atomic E-state index is 12.5. The Bertz CT molecular complexity index is 2010. The summed E-state index contributed by atoms with van der Waals surface area (Å²) in [6.07, 6.45) is 8.60. The molecule has 1 saturated heterocycles. The van der Waals surface area contributed by atoms with Crippen LogP contribution in [0, 0.1) is 0 Å². The molecule has 5 N–H and O–H groups in total. The van der Waals surface area contributed by atoms with Gasteiger partial charge in [0.15, 0.2) is 0 Å². The number of fused-ring (bicyclic) bond motifs is 1. The second-order valence-corrected chi connectivity index (χ2v) is 12.4. The normalized spacial score (nSPS) is 14.0. The number of imidazole rings is 1. The van der Waals surface area contributed by atoms with E-state index in [2.05, 4.69) is 50.8 Å². The molecule has 1 fully saturated rings. The van der Waals surface area contributed by atoms with Crippen LogP contribution >= 0.6 is 0 Å². The summed E-state index contributed by atoms with van der Waals surface area (Å²) in [5.74, 6) is 1.19. The van der Waals surface area contributed by atoms with Crippen LogP contribution in [0.1, 0.15) is 37.1 Å². The predicted molar refractivity (Wildman–Crippen MR) is 196 cm³/mol. The van der Waals surface area contributed by atoms with Gasteiger partial charge in [-0.15, -0.1) is 0 Å². The number of methoxy groups -OCH3 is 1. The molecule has 3 aromatic heterocycles. The number of piperidine rings is 1. The molecule has 13 heteroatoms. The average Bonchev–Trinajstić information content (AvgIpc) is 3.79. The number of benzene rings is 2. The summed E-state index contributed by atoms with van der Waals surface area (Å²) in [7, 11) is 5.78. The molecule has 2 aromatic carbocycles. The van der Waals surface area contributed by atoms with E-state index in [0.29, 0.717) is 53.0 Å². The van der Waals surface area contributed by atoms with Gasteiger partial charge in [-0.3, -0.25) is 4.79 Å². The van der Waals surface area contributed by atoms with Gasteiger partial charge in [-0.25, -0.2) is 15.0 Å². The number of amides is 1. The Morgan fingerprint density at radius 1 is 1.20 bits per heavy atom. The molecule has 0 atom stereocenters. The number of ether oxygens (including phenoxy) is 1. The minimum Gasteiger partial charge on any atom is -0.496 e. The first-order valence-electron chi connectivity index (χ1n) is 16.7. The number of amidine groups is 1. The van der Waals surface area contributed by atoms with Gasteiger partial charge in [-0.2, -0.15) is 4.99 Å². The number of rotatable bonds is 13. The number of anilines is 2. The summed E-state index contributed by atoms with van der Waals surface area (Å²) in [4.78, 5) is 39.1. The minimum absolute atomic E-state index is 0.115. The number of aliphatic hydroxyl groups is 1. The molecule has 1 aliphatic rings. The SMILES string of the molecule is C=CC(=O)Nc1cc(C(N)=Nc2nccc(-c3[nH]c(CCCCO)nc3-c3ccc4ccoc4c3)n2)c(OC)cc1N1CCC(N(C)C)CC1. The number of unbranched alkanes of at least 4 members (excludes halogenated alkanes) is 1. The van der Waals surface area contributed by atoms with Gasteiger partial charge < -0.3 is 40.1 Å². The van der Waals surface area contributed by atoms with E-state index in [0.717, 1.165) is 60.4 Å².